The molecule has 1 nitrogen and oxygen atoms in total. The molecule has 0 spiro atoms. The third-order valence-corrected chi connectivity index (χ3v) is 3.32. The van der Waals surface area contributed by atoms with E-state index >= 15 is 0 Å². The Balaban J connectivity index is 2.12. The number of benzene rings is 1. The van der Waals surface area contributed by atoms with Gasteiger partial charge >= 0.3 is 0 Å². The molecular weight excluding hydrogens is 216 g/mol. The van der Waals surface area contributed by atoms with E-state index in [9.17, 15) is 0 Å². The maximum absolute atomic E-state index is 5.68. The monoisotopic (exact) mass is 238 g/mol. The van der Waals surface area contributed by atoms with Crippen LogP contribution in [0.4, 0.5) is 0 Å². The summed E-state index contributed by atoms with van der Waals surface area (Å²) in [6.07, 6.45) is 8.54. The van der Waals surface area contributed by atoms with Crippen molar-refractivity contribution in [1.82, 2.24) is 0 Å². The lowest BCUT2D eigenvalue weighted by Gasteiger charge is -2.06. The predicted molar refractivity (Wildman–Crippen MR) is 72.5 cm³/mol. The molecule has 0 bridgehead atoms. The van der Waals surface area contributed by atoms with Crippen LogP contribution in [0.2, 0.25) is 0 Å². The Hall–Kier alpha value is -0.630. The van der Waals surface area contributed by atoms with Gasteiger partial charge in [-0.1, -0.05) is 32.6 Å². The Labute approximate surface area is 104 Å². The lowest BCUT2D eigenvalue weighted by molar-refractivity contribution is 0.304. The Morgan fingerprint density at radius 3 is 2.31 bits per heavy atom. The van der Waals surface area contributed by atoms with Crippen LogP contribution in [-0.4, -0.2) is 12.9 Å². The molecular formula is C14H22OS. The Morgan fingerprint density at radius 1 is 1.00 bits per heavy atom. The van der Waals surface area contributed by atoms with Gasteiger partial charge in [0.15, 0.2) is 0 Å². The van der Waals surface area contributed by atoms with E-state index in [-0.39, 0.29) is 0 Å². The summed E-state index contributed by atoms with van der Waals surface area (Å²) in [5, 5.41) is 0. The molecule has 90 valence electrons. The van der Waals surface area contributed by atoms with Crippen LogP contribution in [0, 0.1) is 0 Å². The zero-order valence-electron chi connectivity index (χ0n) is 10.4. The topological polar surface area (TPSA) is 9.23 Å². The van der Waals surface area contributed by atoms with Crippen LogP contribution in [0.3, 0.4) is 0 Å². The van der Waals surface area contributed by atoms with Crippen molar-refractivity contribution in [2.24, 2.45) is 0 Å². The minimum absolute atomic E-state index is 0.850. The quantitative estimate of drug-likeness (QED) is 0.477. The molecule has 0 saturated heterocycles. The first kappa shape index (κ1) is 13.4. The first-order valence-corrected chi connectivity index (χ1v) is 7.36. The first-order chi connectivity index (χ1) is 7.86. The molecule has 1 aromatic rings. The molecule has 0 aromatic heterocycles. The van der Waals surface area contributed by atoms with Gasteiger partial charge in [-0.25, -0.2) is 0 Å². The van der Waals surface area contributed by atoms with Crippen molar-refractivity contribution in [3.05, 3.63) is 24.3 Å². The highest BCUT2D eigenvalue weighted by Crippen LogP contribution is 2.19. The van der Waals surface area contributed by atoms with Gasteiger partial charge in [0.25, 0.3) is 0 Å². The summed E-state index contributed by atoms with van der Waals surface area (Å²) in [5.41, 5.74) is 0. The van der Waals surface area contributed by atoms with Crippen molar-refractivity contribution in [1.29, 1.82) is 0 Å². The molecule has 0 aliphatic heterocycles. The minimum Gasteiger partial charge on any atom is -0.494 e. The van der Waals surface area contributed by atoms with Gasteiger partial charge < -0.3 is 4.74 Å². The molecule has 2 heteroatoms. The molecule has 0 fully saturated rings. The molecule has 0 amide bonds. The highest BCUT2D eigenvalue weighted by atomic mass is 32.2. The average Bonchev–Trinajstić information content (AvgIpc) is 2.34. The van der Waals surface area contributed by atoms with Crippen molar-refractivity contribution >= 4 is 11.8 Å². The molecule has 0 heterocycles. The van der Waals surface area contributed by atoms with Gasteiger partial charge in [-0.2, -0.15) is 0 Å². The summed E-state index contributed by atoms with van der Waals surface area (Å²) in [6, 6.07) is 8.32. The van der Waals surface area contributed by atoms with E-state index < -0.39 is 0 Å². The molecule has 0 N–H and O–H groups in total. The molecule has 1 rings (SSSR count). The van der Waals surface area contributed by atoms with Crippen LogP contribution in [0.5, 0.6) is 5.75 Å². The third-order valence-electron chi connectivity index (χ3n) is 2.58. The number of unbranched alkanes of at least 4 members (excludes halogenated alkanes) is 4. The summed E-state index contributed by atoms with van der Waals surface area (Å²) >= 11 is 1.76. The number of hydrogen-bond donors (Lipinski definition) is 0. The van der Waals surface area contributed by atoms with Crippen molar-refractivity contribution in [3.63, 3.8) is 0 Å². The molecule has 1 aromatic carbocycles. The molecule has 0 radical (unpaired) electrons. The maximum atomic E-state index is 5.68. The Morgan fingerprint density at radius 2 is 1.69 bits per heavy atom. The third kappa shape index (κ3) is 5.45. The fourth-order valence-electron chi connectivity index (χ4n) is 1.57. The zero-order chi connectivity index (χ0) is 11.6. The summed E-state index contributed by atoms with van der Waals surface area (Å²) in [4.78, 5) is 1.29. The van der Waals surface area contributed by atoms with E-state index in [0.29, 0.717) is 0 Å². The molecule has 0 aliphatic carbocycles. The Bertz CT molecular complexity index is 269. The number of ether oxygens (including phenoxy) is 1. The van der Waals surface area contributed by atoms with Gasteiger partial charge in [0, 0.05) is 4.90 Å². The maximum Gasteiger partial charge on any atom is 0.119 e. The average molecular weight is 238 g/mol. The summed E-state index contributed by atoms with van der Waals surface area (Å²) in [5.74, 6) is 0.994. The number of rotatable bonds is 8. The molecule has 0 atom stereocenters. The van der Waals surface area contributed by atoms with Gasteiger partial charge in [0.2, 0.25) is 0 Å². The summed E-state index contributed by atoms with van der Waals surface area (Å²) in [6.45, 7) is 3.09. The highest BCUT2D eigenvalue weighted by molar-refractivity contribution is 7.98. The molecule has 0 unspecified atom stereocenters. The second kappa shape index (κ2) is 8.51. The van der Waals surface area contributed by atoms with Gasteiger partial charge in [0.05, 0.1) is 6.61 Å². The second-order valence-corrected chi connectivity index (χ2v) is 4.82. The standard InChI is InChI=1S/C14H22OS/c1-3-4-5-6-7-12-15-13-8-10-14(16-2)11-9-13/h8-11H,3-7,12H2,1-2H3. The van der Waals surface area contributed by atoms with Gasteiger partial charge in [-0.3, -0.25) is 0 Å². The van der Waals surface area contributed by atoms with E-state index in [1.807, 2.05) is 0 Å². The van der Waals surface area contributed by atoms with Gasteiger partial charge in [0.1, 0.15) is 5.75 Å². The first-order valence-electron chi connectivity index (χ1n) is 6.13. The van der Waals surface area contributed by atoms with Crippen molar-refractivity contribution in [2.75, 3.05) is 12.9 Å². The highest BCUT2D eigenvalue weighted by Gasteiger charge is 1.94. The van der Waals surface area contributed by atoms with Crippen LogP contribution < -0.4 is 4.74 Å². The van der Waals surface area contributed by atoms with E-state index in [0.717, 1.165) is 12.4 Å². The van der Waals surface area contributed by atoms with E-state index in [4.69, 9.17) is 4.74 Å². The van der Waals surface area contributed by atoms with Crippen LogP contribution in [0.15, 0.2) is 29.2 Å². The van der Waals surface area contributed by atoms with Crippen LogP contribution in [-0.2, 0) is 0 Å². The van der Waals surface area contributed by atoms with E-state index in [1.54, 1.807) is 11.8 Å². The second-order valence-electron chi connectivity index (χ2n) is 3.94. The normalized spacial score (nSPS) is 10.4. The predicted octanol–water partition coefficient (Wildman–Crippen LogP) is 4.76. The smallest absolute Gasteiger partial charge is 0.119 e. The fourth-order valence-corrected chi connectivity index (χ4v) is 1.98. The molecule has 16 heavy (non-hydrogen) atoms. The SMILES string of the molecule is CCCCCCCOc1ccc(SC)cc1. The Kier molecular flexibility index (Phi) is 7.15. The van der Waals surface area contributed by atoms with E-state index in [1.165, 1.54) is 37.0 Å². The van der Waals surface area contributed by atoms with Crippen molar-refractivity contribution in [3.8, 4) is 5.75 Å². The van der Waals surface area contributed by atoms with Crippen molar-refractivity contribution < 1.29 is 4.74 Å². The van der Waals surface area contributed by atoms with Gasteiger partial charge in [-0.05, 0) is 36.9 Å². The lowest BCUT2D eigenvalue weighted by atomic mass is 10.2. The minimum atomic E-state index is 0.850. The summed E-state index contributed by atoms with van der Waals surface area (Å²) in [7, 11) is 0. The lowest BCUT2D eigenvalue weighted by Crippen LogP contribution is -1.96. The molecule has 0 aliphatic rings. The summed E-state index contributed by atoms with van der Waals surface area (Å²) < 4.78 is 5.68. The van der Waals surface area contributed by atoms with Crippen LogP contribution in [0.25, 0.3) is 0 Å². The van der Waals surface area contributed by atoms with Crippen molar-refractivity contribution in [2.45, 2.75) is 43.9 Å². The number of thioether (sulfide) groups is 1. The van der Waals surface area contributed by atoms with Crippen LogP contribution >= 0.6 is 11.8 Å². The van der Waals surface area contributed by atoms with Gasteiger partial charge in [-0.15, -0.1) is 11.8 Å². The largest absolute Gasteiger partial charge is 0.494 e. The number of hydrogen-bond acceptors (Lipinski definition) is 2. The fraction of sp³-hybridized carbons (Fsp3) is 0.571. The van der Waals surface area contributed by atoms with Crippen LogP contribution in [0.1, 0.15) is 39.0 Å². The molecule has 0 saturated carbocycles. The van der Waals surface area contributed by atoms with E-state index in [2.05, 4.69) is 37.4 Å². The zero-order valence-corrected chi connectivity index (χ0v) is 11.2.